The largest absolute Gasteiger partial charge is 0.493 e. The molecule has 0 saturated heterocycles. The number of amides is 2. The standard InChI is InChI=1S/C13H18N2O4/c1-18-6-2-3-7-19-11-8-9(12(14)16)4-5-10(11)13(15)17/h4-5,8H,2-3,6-7H2,1H3,(H2,14,16)(H2,15,17). The molecule has 0 aliphatic rings. The Morgan fingerprint density at radius 1 is 1.11 bits per heavy atom. The summed E-state index contributed by atoms with van der Waals surface area (Å²) >= 11 is 0. The maximum absolute atomic E-state index is 11.2. The summed E-state index contributed by atoms with van der Waals surface area (Å²) in [6, 6.07) is 4.31. The first-order valence-corrected chi connectivity index (χ1v) is 5.91. The zero-order valence-corrected chi connectivity index (χ0v) is 10.8. The van der Waals surface area contributed by atoms with Crippen LogP contribution in [0.2, 0.25) is 0 Å². The zero-order valence-electron chi connectivity index (χ0n) is 10.8. The summed E-state index contributed by atoms with van der Waals surface area (Å²) in [5, 5.41) is 0. The number of hydrogen-bond acceptors (Lipinski definition) is 4. The monoisotopic (exact) mass is 266 g/mol. The summed E-state index contributed by atoms with van der Waals surface area (Å²) in [6.07, 6.45) is 1.62. The van der Waals surface area contributed by atoms with Crippen LogP contribution in [0.15, 0.2) is 18.2 Å². The average molecular weight is 266 g/mol. The minimum atomic E-state index is -0.608. The number of methoxy groups -OCH3 is 1. The van der Waals surface area contributed by atoms with Crippen molar-refractivity contribution < 1.29 is 19.1 Å². The molecule has 6 heteroatoms. The van der Waals surface area contributed by atoms with Crippen LogP contribution in [0.25, 0.3) is 0 Å². The van der Waals surface area contributed by atoms with Crippen molar-refractivity contribution in [2.75, 3.05) is 20.3 Å². The van der Waals surface area contributed by atoms with Crippen LogP contribution < -0.4 is 16.2 Å². The number of rotatable bonds is 8. The highest BCUT2D eigenvalue weighted by molar-refractivity contribution is 5.99. The molecule has 4 N–H and O–H groups in total. The van der Waals surface area contributed by atoms with E-state index in [0.717, 1.165) is 12.8 Å². The fourth-order valence-electron chi connectivity index (χ4n) is 1.53. The first-order chi connectivity index (χ1) is 9.06. The van der Waals surface area contributed by atoms with Crippen molar-refractivity contribution in [2.45, 2.75) is 12.8 Å². The van der Waals surface area contributed by atoms with Gasteiger partial charge in [0.15, 0.2) is 0 Å². The lowest BCUT2D eigenvalue weighted by Crippen LogP contribution is -2.16. The third kappa shape index (κ3) is 4.59. The molecule has 0 aromatic heterocycles. The molecule has 104 valence electrons. The van der Waals surface area contributed by atoms with Crippen molar-refractivity contribution in [3.63, 3.8) is 0 Å². The number of primary amides is 2. The highest BCUT2D eigenvalue weighted by Crippen LogP contribution is 2.20. The SMILES string of the molecule is COCCCCOc1cc(C(N)=O)ccc1C(N)=O. The Labute approximate surface area is 111 Å². The third-order valence-corrected chi connectivity index (χ3v) is 2.53. The second-order valence-electron chi connectivity index (χ2n) is 3.99. The summed E-state index contributed by atoms with van der Waals surface area (Å²) in [4.78, 5) is 22.3. The Hall–Kier alpha value is -2.08. The lowest BCUT2D eigenvalue weighted by Gasteiger charge is -2.10. The highest BCUT2D eigenvalue weighted by Gasteiger charge is 2.12. The topological polar surface area (TPSA) is 105 Å². The van der Waals surface area contributed by atoms with Gasteiger partial charge in [0.05, 0.1) is 12.2 Å². The fraction of sp³-hybridized carbons (Fsp3) is 0.385. The van der Waals surface area contributed by atoms with Crippen molar-refractivity contribution in [3.05, 3.63) is 29.3 Å². The molecule has 0 bridgehead atoms. The van der Waals surface area contributed by atoms with Crippen LogP contribution in [0.1, 0.15) is 33.6 Å². The van der Waals surface area contributed by atoms with E-state index in [2.05, 4.69) is 0 Å². The summed E-state index contributed by atoms with van der Waals surface area (Å²) < 4.78 is 10.4. The minimum absolute atomic E-state index is 0.233. The first kappa shape index (κ1) is 15.0. The van der Waals surface area contributed by atoms with Crippen LogP contribution in [0.4, 0.5) is 0 Å². The number of unbranched alkanes of at least 4 members (excludes halogenated alkanes) is 1. The van der Waals surface area contributed by atoms with Gasteiger partial charge in [0.25, 0.3) is 5.91 Å². The van der Waals surface area contributed by atoms with Crippen molar-refractivity contribution in [1.29, 1.82) is 0 Å². The summed E-state index contributed by atoms with van der Waals surface area (Å²) in [5.74, 6) is -0.913. The third-order valence-electron chi connectivity index (χ3n) is 2.53. The number of benzene rings is 1. The van der Waals surface area contributed by atoms with E-state index in [0.29, 0.717) is 13.2 Å². The molecule has 1 aromatic carbocycles. The summed E-state index contributed by atoms with van der Waals surface area (Å²) in [6.45, 7) is 1.05. The molecule has 0 saturated carbocycles. The number of hydrogen-bond donors (Lipinski definition) is 2. The maximum atomic E-state index is 11.2. The quantitative estimate of drug-likeness (QED) is 0.675. The molecule has 0 fully saturated rings. The van der Waals surface area contributed by atoms with Crippen LogP contribution in [0, 0.1) is 0 Å². The van der Waals surface area contributed by atoms with Crippen molar-refractivity contribution in [1.82, 2.24) is 0 Å². The Balaban J connectivity index is 2.74. The molecule has 1 aromatic rings. The first-order valence-electron chi connectivity index (χ1n) is 5.91. The second-order valence-corrected chi connectivity index (χ2v) is 3.99. The number of nitrogens with two attached hydrogens (primary N) is 2. The van der Waals surface area contributed by atoms with E-state index in [1.165, 1.54) is 18.2 Å². The molecule has 6 nitrogen and oxygen atoms in total. The van der Waals surface area contributed by atoms with Crippen LogP contribution in [-0.2, 0) is 4.74 Å². The molecule has 19 heavy (non-hydrogen) atoms. The predicted octanol–water partition coefficient (Wildman–Crippen LogP) is 0.690. The van der Waals surface area contributed by atoms with Gasteiger partial charge in [0.2, 0.25) is 5.91 Å². The number of carbonyl (C=O) groups excluding carboxylic acids is 2. The molecule has 0 atom stereocenters. The zero-order chi connectivity index (χ0) is 14.3. The molecule has 2 amide bonds. The van der Waals surface area contributed by atoms with E-state index in [1.807, 2.05) is 0 Å². The molecule has 0 unspecified atom stereocenters. The highest BCUT2D eigenvalue weighted by atomic mass is 16.5. The number of carbonyl (C=O) groups is 2. The van der Waals surface area contributed by atoms with E-state index >= 15 is 0 Å². The normalized spacial score (nSPS) is 10.2. The van der Waals surface area contributed by atoms with E-state index < -0.39 is 11.8 Å². The van der Waals surface area contributed by atoms with Crippen molar-refractivity contribution >= 4 is 11.8 Å². The minimum Gasteiger partial charge on any atom is -0.493 e. The molecule has 0 aliphatic carbocycles. The molecule has 0 aliphatic heterocycles. The van der Waals surface area contributed by atoms with Gasteiger partial charge in [-0.15, -0.1) is 0 Å². The van der Waals surface area contributed by atoms with E-state index in [4.69, 9.17) is 20.9 Å². The van der Waals surface area contributed by atoms with Gasteiger partial charge in [-0.3, -0.25) is 9.59 Å². The summed E-state index contributed by atoms with van der Waals surface area (Å²) in [7, 11) is 1.63. The molecule has 0 radical (unpaired) electrons. The molecule has 1 rings (SSSR count). The molecular weight excluding hydrogens is 248 g/mol. The summed E-state index contributed by atoms with van der Waals surface area (Å²) in [5.41, 5.74) is 10.9. The smallest absolute Gasteiger partial charge is 0.252 e. The van der Waals surface area contributed by atoms with Crippen LogP contribution in [0.5, 0.6) is 5.75 Å². The van der Waals surface area contributed by atoms with Gasteiger partial charge in [0, 0.05) is 19.3 Å². The van der Waals surface area contributed by atoms with E-state index in [1.54, 1.807) is 7.11 Å². The van der Waals surface area contributed by atoms with Gasteiger partial charge in [-0.25, -0.2) is 0 Å². The Morgan fingerprint density at radius 3 is 2.37 bits per heavy atom. The fourth-order valence-corrected chi connectivity index (χ4v) is 1.53. The van der Waals surface area contributed by atoms with Crippen molar-refractivity contribution in [3.8, 4) is 5.75 Å². The van der Waals surface area contributed by atoms with Gasteiger partial charge >= 0.3 is 0 Å². The van der Waals surface area contributed by atoms with Gasteiger partial charge < -0.3 is 20.9 Å². The van der Waals surface area contributed by atoms with Gasteiger partial charge in [-0.05, 0) is 31.0 Å². The Kier molecular flexibility index (Phi) is 5.81. The Morgan fingerprint density at radius 2 is 1.79 bits per heavy atom. The van der Waals surface area contributed by atoms with Gasteiger partial charge in [-0.2, -0.15) is 0 Å². The molecule has 0 heterocycles. The van der Waals surface area contributed by atoms with Gasteiger partial charge in [0.1, 0.15) is 5.75 Å². The van der Waals surface area contributed by atoms with Crippen LogP contribution in [0.3, 0.4) is 0 Å². The number of ether oxygens (including phenoxy) is 2. The lowest BCUT2D eigenvalue weighted by atomic mass is 10.1. The van der Waals surface area contributed by atoms with Crippen LogP contribution in [-0.4, -0.2) is 32.1 Å². The molecular formula is C13H18N2O4. The van der Waals surface area contributed by atoms with Gasteiger partial charge in [-0.1, -0.05) is 0 Å². The average Bonchev–Trinajstić information content (AvgIpc) is 2.38. The lowest BCUT2D eigenvalue weighted by molar-refractivity contribution is 0.0984. The van der Waals surface area contributed by atoms with E-state index in [9.17, 15) is 9.59 Å². The Bertz CT molecular complexity index is 460. The molecule has 0 spiro atoms. The van der Waals surface area contributed by atoms with Crippen LogP contribution >= 0.6 is 0 Å². The predicted molar refractivity (Wildman–Crippen MR) is 70.1 cm³/mol. The second kappa shape index (κ2) is 7.38. The van der Waals surface area contributed by atoms with Crippen molar-refractivity contribution in [2.24, 2.45) is 11.5 Å². The maximum Gasteiger partial charge on any atom is 0.252 e. The van der Waals surface area contributed by atoms with E-state index in [-0.39, 0.29) is 16.9 Å².